The van der Waals surface area contributed by atoms with Gasteiger partial charge in [-0.1, -0.05) is 0 Å². The number of aliphatic hydroxyl groups excluding tert-OH is 1. The highest BCUT2D eigenvalue weighted by molar-refractivity contribution is 4.79. The molecule has 0 saturated carbocycles. The zero-order valence-electron chi connectivity index (χ0n) is 11.5. The molecule has 2 heterocycles. The first-order valence-corrected chi connectivity index (χ1v) is 6.66. The first-order valence-electron chi connectivity index (χ1n) is 6.66. The van der Waals surface area contributed by atoms with Gasteiger partial charge < -0.3 is 20.0 Å². The van der Waals surface area contributed by atoms with Crippen LogP contribution in [0.1, 0.15) is 32.6 Å². The third-order valence-electron chi connectivity index (χ3n) is 3.75. The molecule has 0 aromatic rings. The summed E-state index contributed by atoms with van der Waals surface area (Å²) in [5.41, 5.74) is -0.382. The van der Waals surface area contributed by atoms with E-state index >= 15 is 0 Å². The highest BCUT2D eigenvalue weighted by atomic mass is 16.3. The Bertz CT molecular complexity index is 193. The number of nitrogens with zero attached hydrogens (tertiary/aromatic N) is 2. The zero-order chi connectivity index (χ0) is 12.9. The molecule has 2 aliphatic rings. The Morgan fingerprint density at radius 2 is 1.35 bits per heavy atom. The minimum Gasteiger partial charge on any atom is -0.393 e. The Morgan fingerprint density at radius 1 is 0.941 bits per heavy atom. The van der Waals surface area contributed by atoms with Crippen molar-refractivity contribution in [3.63, 3.8) is 0 Å². The Hall–Kier alpha value is -0.160. The molecule has 0 aliphatic carbocycles. The van der Waals surface area contributed by atoms with Crippen molar-refractivity contribution < 1.29 is 10.2 Å². The minimum atomic E-state index is -0.382. The number of likely N-dealkylation sites (tertiary alicyclic amines) is 2. The summed E-state index contributed by atoms with van der Waals surface area (Å²) in [6, 6.07) is 0. The Kier molecular flexibility index (Phi) is 5.86. The normalized spacial score (nSPS) is 27.4. The molecule has 0 aromatic heterocycles. The van der Waals surface area contributed by atoms with Gasteiger partial charge in [0.05, 0.1) is 11.7 Å². The molecular weight excluding hydrogens is 216 g/mol. The Morgan fingerprint density at radius 3 is 1.71 bits per heavy atom. The van der Waals surface area contributed by atoms with Gasteiger partial charge in [-0.2, -0.15) is 0 Å². The molecule has 102 valence electrons. The maximum Gasteiger partial charge on any atom is 0.0644 e. The van der Waals surface area contributed by atoms with Crippen molar-refractivity contribution in [2.45, 2.75) is 44.3 Å². The van der Waals surface area contributed by atoms with E-state index in [1.807, 2.05) is 6.92 Å². The topological polar surface area (TPSA) is 46.9 Å². The fraction of sp³-hybridized carbons (Fsp3) is 1.00. The highest BCUT2D eigenvalue weighted by Gasteiger charge is 2.24. The molecule has 2 rings (SSSR count). The van der Waals surface area contributed by atoms with Gasteiger partial charge in [0.2, 0.25) is 0 Å². The molecule has 2 N–H and O–H groups in total. The van der Waals surface area contributed by atoms with Crippen LogP contribution in [0, 0.1) is 0 Å². The van der Waals surface area contributed by atoms with Gasteiger partial charge >= 0.3 is 0 Å². The summed E-state index contributed by atoms with van der Waals surface area (Å²) >= 11 is 0. The number of hydrogen-bond donors (Lipinski definition) is 2. The van der Waals surface area contributed by atoms with Gasteiger partial charge in [-0.3, -0.25) is 0 Å². The maximum absolute atomic E-state index is 9.47. The van der Waals surface area contributed by atoms with E-state index in [4.69, 9.17) is 5.11 Å². The quantitative estimate of drug-likeness (QED) is 0.653. The molecule has 2 aliphatic heterocycles. The maximum atomic E-state index is 9.47. The van der Waals surface area contributed by atoms with Crippen molar-refractivity contribution >= 4 is 0 Å². The molecular formula is C13H28N2O2. The lowest BCUT2D eigenvalue weighted by atomic mass is 9.94. The van der Waals surface area contributed by atoms with Gasteiger partial charge in [0.25, 0.3) is 0 Å². The molecule has 0 spiro atoms. The SMILES string of the molecule is CN1CCC(C)(O)CC1.CN1CCC(O)CC1. The van der Waals surface area contributed by atoms with E-state index in [9.17, 15) is 5.11 Å². The second kappa shape index (κ2) is 6.69. The molecule has 4 heteroatoms. The summed E-state index contributed by atoms with van der Waals surface area (Å²) in [7, 11) is 4.18. The summed E-state index contributed by atoms with van der Waals surface area (Å²) in [6.45, 7) is 6.10. The molecule has 2 saturated heterocycles. The standard InChI is InChI=1S/C7H15NO.C6H13NO/c1-7(9)3-5-8(2)6-4-7;1-7-4-2-6(8)3-5-7/h9H,3-6H2,1-2H3;6,8H,2-5H2,1H3. The van der Waals surface area contributed by atoms with E-state index < -0.39 is 0 Å². The molecule has 2 fully saturated rings. The molecule has 0 unspecified atom stereocenters. The van der Waals surface area contributed by atoms with Gasteiger partial charge in [-0.05, 0) is 46.7 Å². The predicted molar refractivity (Wildman–Crippen MR) is 70.1 cm³/mol. The average Bonchev–Trinajstić information content (AvgIpc) is 2.28. The van der Waals surface area contributed by atoms with Gasteiger partial charge in [0.15, 0.2) is 0 Å². The van der Waals surface area contributed by atoms with Gasteiger partial charge in [-0.15, -0.1) is 0 Å². The summed E-state index contributed by atoms with van der Waals surface area (Å²) in [4.78, 5) is 4.49. The average molecular weight is 244 g/mol. The van der Waals surface area contributed by atoms with E-state index in [1.165, 1.54) is 0 Å². The summed E-state index contributed by atoms with van der Waals surface area (Å²) in [5.74, 6) is 0. The second-order valence-electron chi connectivity index (χ2n) is 5.83. The lowest BCUT2D eigenvalue weighted by Gasteiger charge is -2.33. The Labute approximate surface area is 105 Å². The monoisotopic (exact) mass is 244 g/mol. The summed E-state index contributed by atoms with van der Waals surface area (Å²) < 4.78 is 0. The third-order valence-corrected chi connectivity index (χ3v) is 3.75. The number of piperidine rings is 2. The summed E-state index contributed by atoms with van der Waals surface area (Å²) in [5, 5.41) is 18.5. The molecule has 0 atom stereocenters. The largest absolute Gasteiger partial charge is 0.393 e. The number of hydrogen-bond acceptors (Lipinski definition) is 4. The van der Waals surface area contributed by atoms with E-state index in [0.29, 0.717) is 0 Å². The van der Waals surface area contributed by atoms with E-state index in [0.717, 1.165) is 51.9 Å². The van der Waals surface area contributed by atoms with Crippen LogP contribution in [0.4, 0.5) is 0 Å². The lowest BCUT2D eigenvalue weighted by Crippen LogP contribution is -2.40. The molecule has 0 aromatic carbocycles. The van der Waals surface area contributed by atoms with Crippen LogP contribution in [0.3, 0.4) is 0 Å². The van der Waals surface area contributed by atoms with Crippen LogP contribution in [-0.4, -0.2) is 72.0 Å². The smallest absolute Gasteiger partial charge is 0.0644 e. The molecule has 17 heavy (non-hydrogen) atoms. The van der Waals surface area contributed by atoms with Crippen LogP contribution >= 0.6 is 0 Å². The molecule has 0 amide bonds. The fourth-order valence-corrected chi connectivity index (χ4v) is 2.10. The van der Waals surface area contributed by atoms with E-state index in [-0.39, 0.29) is 11.7 Å². The first-order chi connectivity index (χ1) is 7.89. The van der Waals surface area contributed by atoms with Gasteiger partial charge in [0, 0.05) is 26.2 Å². The molecule has 4 nitrogen and oxygen atoms in total. The number of rotatable bonds is 0. The first kappa shape index (κ1) is 14.9. The van der Waals surface area contributed by atoms with Crippen LogP contribution in [0.2, 0.25) is 0 Å². The second-order valence-corrected chi connectivity index (χ2v) is 5.83. The lowest BCUT2D eigenvalue weighted by molar-refractivity contribution is 0.000998. The molecule has 0 radical (unpaired) electrons. The van der Waals surface area contributed by atoms with Crippen molar-refractivity contribution in [2.75, 3.05) is 40.3 Å². The van der Waals surface area contributed by atoms with Gasteiger partial charge in [0.1, 0.15) is 0 Å². The third kappa shape index (κ3) is 6.36. The van der Waals surface area contributed by atoms with E-state index in [2.05, 4.69) is 23.9 Å². The van der Waals surface area contributed by atoms with Crippen molar-refractivity contribution in [1.82, 2.24) is 9.80 Å². The van der Waals surface area contributed by atoms with Crippen LogP contribution in [-0.2, 0) is 0 Å². The van der Waals surface area contributed by atoms with Gasteiger partial charge in [-0.25, -0.2) is 0 Å². The van der Waals surface area contributed by atoms with Crippen molar-refractivity contribution in [1.29, 1.82) is 0 Å². The zero-order valence-corrected chi connectivity index (χ0v) is 11.5. The van der Waals surface area contributed by atoms with Crippen molar-refractivity contribution in [3.8, 4) is 0 Å². The van der Waals surface area contributed by atoms with Crippen LogP contribution < -0.4 is 0 Å². The fourth-order valence-electron chi connectivity index (χ4n) is 2.10. The highest BCUT2D eigenvalue weighted by Crippen LogP contribution is 2.19. The van der Waals surface area contributed by atoms with Crippen molar-refractivity contribution in [3.05, 3.63) is 0 Å². The Balaban J connectivity index is 0.000000171. The summed E-state index contributed by atoms with van der Waals surface area (Å²) in [6.07, 6.45) is 3.73. The molecule has 0 bridgehead atoms. The number of aliphatic hydroxyl groups is 2. The van der Waals surface area contributed by atoms with Crippen LogP contribution in [0.25, 0.3) is 0 Å². The van der Waals surface area contributed by atoms with Crippen LogP contribution in [0.15, 0.2) is 0 Å². The van der Waals surface area contributed by atoms with Crippen molar-refractivity contribution in [2.24, 2.45) is 0 Å². The minimum absolute atomic E-state index is 0.0220. The van der Waals surface area contributed by atoms with Crippen LogP contribution in [0.5, 0.6) is 0 Å². The van der Waals surface area contributed by atoms with E-state index in [1.54, 1.807) is 0 Å². The predicted octanol–water partition coefficient (Wildman–Crippen LogP) is 0.536.